The molecule has 2 aromatic heterocycles. The van der Waals surface area contributed by atoms with Crippen LogP contribution in [0.2, 0.25) is 0 Å². The van der Waals surface area contributed by atoms with Gasteiger partial charge in [-0.3, -0.25) is 0 Å². The highest BCUT2D eigenvalue weighted by Crippen LogP contribution is 2.21. The molecule has 0 spiro atoms. The van der Waals surface area contributed by atoms with E-state index in [9.17, 15) is 0 Å². The average molecular weight is 297 g/mol. The molecule has 84 valence electrons. The minimum atomic E-state index is 0.834. The van der Waals surface area contributed by atoms with E-state index in [1.54, 1.807) is 6.20 Å². The second-order valence-electron chi connectivity index (χ2n) is 3.41. The minimum Gasteiger partial charge on any atom is -0.364 e. The van der Waals surface area contributed by atoms with E-state index >= 15 is 0 Å². The topological polar surface area (TPSA) is 24.9 Å². The predicted octanol–water partition coefficient (Wildman–Crippen LogP) is 4.08. The lowest BCUT2D eigenvalue weighted by atomic mass is 10.3. The number of hydrogen-bond acceptors (Lipinski definition) is 3. The van der Waals surface area contributed by atoms with E-state index < -0.39 is 0 Å². The van der Waals surface area contributed by atoms with Gasteiger partial charge in [0, 0.05) is 16.0 Å². The highest BCUT2D eigenvalue weighted by Gasteiger charge is 2.01. The Morgan fingerprint density at radius 2 is 2.12 bits per heavy atom. The molecule has 0 aliphatic carbocycles. The number of aromatic nitrogens is 1. The van der Waals surface area contributed by atoms with E-state index in [0.29, 0.717) is 0 Å². The molecule has 2 rings (SSSR count). The number of pyridine rings is 1. The first kappa shape index (κ1) is 11.6. The van der Waals surface area contributed by atoms with Crippen LogP contribution in [0.1, 0.15) is 16.7 Å². The normalized spacial score (nSPS) is 10.4. The predicted molar refractivity (Wildman–Crippen MR) is 73.0 cm³/mol. The SMILES string of the molecule is CCc1ccc(CNc2ncccc2Br)s1. The van der Waals surface area contributed by atoms with E-state index in [2.05, 4.69) is 45.3 Å². The molecular formula is C12H13BrN2S. The molecular weight excluding hydrogens is 284 g/mol. The summed E-state index contributed by atoms with van der Waals surface area (Å²) in [6.45, 7) is 3.01. The van der Waals surface area contributed by atoms with Crippen LogP contribution >= 0.6 is 27.3 Å². The molecule has 16 heavy (non-hydrogen) atoms. The molecule has 4 heteroatoms. The molecule has 1 N–H and O–H groups in total. The molecule has 2 aromatic rings. The highest BCUT2D eigenvalue weighted by atomic mass is 79.9. The smallest absolute Gasteiger partial charge is 0.140 e. The Hall–Kier alpha value is -0.870. The van der Waals surface area contributed by atoms with Gasteiger partial charge in [-0.2, -0.15) is 0 Å². The maximum Gasteiger partial charge on any atom is 0.140 e. The third-order valence-corrected chi connectivity index (χ3v) is 4.12. The van der Waals surface area contributed by atoms with Gasteiger partial charge in [0.1, 0.15) is 5.82 Å². The van der Waals surface area contributed by atoms with Gasteiger partial charge in [-0.1, -0.05) is 6.92 Å². The fraction of sp³-hybridized carbons (Fsp3) is 0.250. The van der Waals surface area contributed by atoms with Crippen molar-refractivity contribution >= 4 is 33.1 Å². The van der Waals surface area contributed by atoms with E-state index in [1.165, 1.54) is 9.75 Å². The van der Waals surface area contributed by atoms with Crippen LogP contribution in [0.3, 0.4) is 0 Å². The number of aryl methyl sites for hydroxylation is 1. The van der Waals surface area contributed by atoms with Crippen molar-refractivity contribution in [2.45, 2.75) is 19.9 Å². The van der Waals surface area contributed by atoms with Crippen molar-refractivity contribution in [2.24, 2.45) is 0 Å². The number of rotatable bonds is 4. The molecule has 0 aromatic carbocycles. The molecule has 0 radical (unpaired) electrons. The Balaban J connectivity index is 1.99. The zero-order valence-electron chi connectivity index (χ0n) is 9.03. The van der Waals surface area contributed by atoms with Crippen molar-refractivity contribution in [2.75, 3.05) is 5.32 Å². The van der Waals surface area contributed by atoms with Gasteiger partial charge in [0.05, 0.1) is 11.0 Å². The monoisotopic (exact) mass is 296 g/mol. The van der Waals surface area contributed by atoms with Crippen LogP contribution in [0.15, 0.2) is 34.9 Å². The molecule has 0 amide bonds. The molecule has 0 unspecified atom stereocenters. The van der Waals surface area contributed by atoms with E-state index in [0.717, 1.165) is 23.3 Å². The summed E-state index contributed by atoms with van der Waals surface area (Å²) in [7, 11) is 0. The summed E-state index contributed by atoms with van der Waals surface area (Å²) in [5.41, 5.74) is 0. The van der Waals surface area contributed by atoms with Crippen LogP contribution in [0.5, 0.6) is 0 Å². The number of thiophene rings is 1. The van der Waals surface area contributed by atoms with Gasteiger partial charge in [-0.15, -0.1) is 11.3 Å². The molecule has 2 nitrogen and oxygen atoms in total. The lowest BCUT2D eigenvalue weighted by Crippen LogP contribution is -1.99. The summed E-state index contributed by atoms with van der Waals surface area (Å²) < 4.78 is 1.00. The Kier molecular flexibility index (Phi) is 3.96. The number of nitrogens with zero attached hydrogens (tertiary/aromatic N) is 1. The Morgan fingerprint density at radius 1 is 1.31 bits per heavy atom. The number of hydrogen-bond donors (Lipinski definition) is 1. The molecule has 0 aliphatic heterocycles. The zero-order chi connectivity index (χ0) is 11.4. The van der Waals surface area contributed by atoms with Gasteiger partial charge in [-0.05, 0) is 46.6 Å². The number of anilines is 1. The van der Waals surface area contributed by atoms with Crippen LogP contribution in [0.4, 0.5) is 5.82 Å². The fourth-order valence-corrected chi connectivity index (χ4v) is 2.69. The molecule has 0 saturated heterocycles. The largest absolute Gasteiger partial charge is 0.364 e. The molecule has 0 fully saturated rings. The van der Waals surface area contributed by atoms with Crippen molar-refractivity contribution in [3.63, 3.8) is 0 Å². The van der Waals surface area contributed by atoms with Gasteiger partial charge in [0.15, 0.2) is 0 Å². The van der Waals surface area contributed by atoms with E-state index in [-0.39, 0.29) is 0 Å². The summed E-state index contributed by atoms with van der Waals surface area (Å²) in [4.78, 5) is 7.04. The lowest BCUT2D eigenvalue weighted by molar-refractivity contribution is 1.13. The number of halogens is 1. The second-order valence-corrected chi connectivity index (χ2v) is 5.52. The molecule has 0 bridgehead atoms. The fourth-order valence-electron chi connectivity index (χ4n) is 1.39. The first-order valence-corrected chi connectivity index (χ1v) is 6.82. The second kappa shape index (κ2) is 5.46. The van der Waals surface area contributed by atoms with Crippen LogP contribution < -0.4 is 5.32 Å². The summed E-state index contributed by atoms with van der Waals surface area (Å²) in [5, 5.41) is 3.32. The summed E-state index contributed by atoms with van der Waals surface area (Å²) in [6.07, 6.45) is 2.90. The number of nitrogens with one attached hydrogen (secondary N) is 1. The van der Waals surface area contributed by atoms with Gasteiger partial charge >= 0.3 is 0 Å². The van der Waals surface area contributed by atoms with Crippen molar-refractivity contribution in [1.29, 1.82) is 0 Å². The van der Waals surface area contributed by atoms with Gasteiger partial charge in [-0.25, -0.2) is 4.98 Å². The van der Waals surface area contributed by atoms with E-state index in [1.807, 2.05) is 23.5 Å². The molecule has 2 heterocycles. The van der Waals surface area contributed by atoms with Crippen molar-refractivity contribution in [1.82, 2.24) is 4.98 Å². The standard InChI is InChI=1S/C12H13BrN2S/c1-2-9-5-6-10(16-9)8-15-12-11(13)4-3-7-14-12/h3-7H,2,8H2,1H3,(H,14,15). The Morgan fingerprint density at radius 3 is 2.81 bits per heavy atom. The van der Waals surface area contributed by atoms with Crippen LogP contribution in [0, 0.1) is 0 Å². The quantitative estimate of drug-likeness (QED) is 0.919. The summed E-state index contributed by atoms with van der Waals surface area (Å²) in [5.74, 6) is 0.897. The first-order chi connectivity index (χ1) is 7.79. The van der Waals surface area contributed by atoms with Gasteiger partial charge in [0.2, 0.25) is 0 Å². The van der Waals surface area contributed by atoms with Crippen LogP contribution in [-0.2, 0) is 13.0 Å². The zero-order valence-corrected chi connectivity index (χ0v) is 11.4. The van der Waals surface area contributed by atoms with Crippen molar-refractivity contribution < 1.29 is 0 Å². The average Bonchev–Trinajstić information content (AvgIpc) is 2.76. The molecule has 0 saturated carbocycles. The third-order valence-electron chi connectivity index (χ3n) is 2.25. The van der Waals surface area contributed by atoms with Gasteiger partial charge < -0.3 is 5.32 Å². The first-order valence-electron chi connectivity index (χ1n) is 5.21. The summed E-state index contributed by atoms with van der Waals surface area (Å²) >= 11 is 5.32. The third kappa shape index (κ3) is 2.83. The lowest BCUT2D eigenvalue weighted by Gasteiger charge is -2.05. The highest BCUT2D eigenvalue weighted by molar-refractivity contribution is 9.10. The molecule has 0 atom stereocenters. The van der Waals surface area contributed by atoms with Crippen molar-refractivity contribution in [3.8, 4) is 0 Å². The summed E-state index contributed by atoms with van der Waals surface area (Å²) in [6, 6.07) is 8.26. The molecule has 0 aliphatic rings. The maximum absolute atomic E-state index is 4.27. The van der Waals surface area contributed by atoms with Crippen LogP contribution in [-0.4, -0.2) is 4.98 Å². The van der Waals surface area contributed by atoms with Crippen LogP contribution in [0.25, 0.3) is 0 Å². The van der Waals surface area contributed by atoms with Gasteiger partial charge in [0.25, 0.3) is 0 Å². The minimum absolute atomic E-state index is 0.834. The van der Waals surface area contributed by atoms with Crippen molar-refractivity contribution in [3.05, 3.63) is 44.7 Å². The Bertz CT molecular complexity index is 468. The maximum atomic E-state index is 4.27. The van der Waals surface area contributed by atoms with E-state index in [4.69, 9.17) is 0 Å². The Labute approximate surface area is 108 Å².